The Bertz CT molecular complexity index is 786. The maximum absolute atomic E-state index is 12.1. The lowest BCUT2D eigenvalue weighted by Crippen LogP contribution is -2.23. The van der Waals surface area contributed by atoms with Gasteiger partial charge < -0.3 is 5.32 Å². The van der Waals surface area contributed by atoms with Crippen molar-refractivity contribution in [1.82, 2.24) is 20.5 Å². The van der Waals surface area contributed by atoms with Gasteiger partial charge in [-0.05, 0) is 35.9 Å². The quantitative estimate of drug-likeness (QED) is 0.778. The average molecular weight is 313 g/mol. The molecule has 22 heavy (non-hydrogen) atoms. The summed E-state index contributed by atoms with van der Waals surface area (Å²) in [6.07, 6.45) is 3.37. The van der Waals surface area contributed by atoms with Crippen LogP contribution in [0.5, 0.6) is 0 Å². The minimum atomic E-state index is -0.215. The Hall–Kier alpha value is -2.66. The van der Waals surface area contributed by atoms with Crippen LogP contribution in [0.3, 0.4) is 0 Å². The van der Waals surface area contributed by atoms with Gasteiger partial charge in [0.05, 0.1) is 5.69 Å². The van der Waals surface area contributed by atoms with E-state index in [-0.39, 0.29) is 5.91 Å². The predicted octanol–water partition coefficient (Wildman–Crippen LogP) is 3.06. The van der Waals surface area contributed by atoms with Crippen LogP contribution in [0.25, 0.3) is 11.3 Å². The van der Waals surface area contributed by atoms with Crippen LogP contribution in [0, 0.1) is 0 Å². The lowest BCUT2D eigenvalue weighted by Gasteiger charge is -2.03. The Balaban J connectivity index is 1.67. The second-order valence-electron chi connectivity index (χ2n) is 4.72. The van der Waals surface area contributed by atoms with Crippen LogP contribution in [-0.2, 0) is 6.54 Å². The molecule has 6 heteroatoms. The smallest absolute Gasteiger partial charge is 0.269 e. The van der Waals surface area contributed by atoms with E-state index in [4.69, 9.17) is 11.6 Å². The number of H-pyrrole nitrogens is 1. The van der Waals surface area contributed by atoms with Crippen LogP contribution in [-0.4, -0.2) is 21.1 Å². The number of aromatic nitrogens is 3. The summed E-state index contributed by atoms with van der Waals surface area (Å²) >= 11 is 5.91. The first-order valence-electron chi connectivity index (χ1n) is 6.71. The Morgan fingerprint density at radius 3 is 2.77 bits per heavy atom. The minimum absolute atomic E-state index is 0.215. The van der Waals surface area contributed by atoms with Crippen molar-refractivity contribution in [3.63, 3.8) is 0 Å². The highest BCUT2D eigenvalue weighted by Gasteiger charge is 2.10. The number of rotatable bonds is 4. The van der Waals surface area contributed by atoms with Crippen molar-refractivity contribution in [2.24, 2.45) is 0 Å². The molecule has 0 spiro atoms. The first-order valence-corrected chi connectivity index (χ1v) is 7.08. The first kappa shape index (κ1) is 14.3. The van der Waals surface area contributed by atoms with Crippen molar-refractivity contribution in [3.8, 4) is 11.3 Å². The molecule has 0 radical (unpaired) electrons. The zero-order chi connectivity index (χ0) is 15.4. The third-order valence-corrected chi connectivity index (χ3v) is 3.38. The summed E-state index contributed by atoms with van der Waals surface area (Å²) in [6, 6.07) is 12.7. The minimum Gasteiger partial charge on any atom is -0.347 e. The normalized spacial score (nSPS) is 10.4. The number of pyridine rings is 1. The van der Waals surface area contributed by atoms with E-state index in [0.29, 0.717) is 23.0 Å². The molecule has 3 aromatic rings. The number of hydrogen-bond donors (Lipinski definition) is 2. The summed E-state index contributed by atoms with van der Waals surface area (Å²) in [7, 11) is 0. The van der Waals surface area contributed by atoms with Gasteiger partial charge in [0.2, 0.25) is 0 Å². The number of nitrogens with one attached hydrogen (secondary N) is 2. The summed E-state index contributed by atoms with van der Waals surface area (Å²) in [4.78, 5) is 16.1. The summed E-state index contributed by atoms with van der Waals surface area (Å²) in [6.45, 7) is 0.406. The number of carbonyl (C=O) groups is 1. The zero-order valence-corrected chi connectivity index (χ0v) is 12.3. The molecule has 0 atom stereocenters. The van der Waals surface area contributed by atoms with E-state index in [2.05, 4.69) is 20.5 Å². The highest BCUT2D eigenvalue weighted by atomic mass is 35.5. The molecular weight excluding hydrogens is 300 g/mol. The fourth-order valence-corrected chi connectivity index (χ4v) is 2.25. The number of hydrogen-bond acceptors (Lipinski definition) is 3. The van der Waals surface area contributed by atoms with Crippen molar-refractivity contribution < 1.29 is 4.79 Å². The average Bonchev–Trinajstić information content (AvgIpc) is 3.04. The van der Waals surface area contributed by atoms with Crippen molar-refractivity contribution in [1.29, 1.82) is 0 Å². The van der Waals surface area contributed by atoms with Gasteiger partial charge in [-0.15, -0.1) is 0 Å². The third-order valence-electron chi connectivity index (χ3n) is 3.14. The highest BCUT2D eigenvalue weighted by molar-refractivity contribution is 6.30. The molecule has 0 unspecified atom stereocenters. The van der Waals surface area contributed by atoms with Crippen LogP contribution in [0.15, 0.2) is 54.9 Å². The Kier molecular flexibility index (Phi) is 4.16. The number of benzene rings is 1. The number of halogens is 1. The van der Waals surface area contributed by atoms with E-state index in [1.54, 1.807) is 24.5 Å². The molecule has 3 rings (SSSR count). The molecule has 2 aromatic heterocycles. The van der Waals surface area contributed by atoms with Crippen LogP contribution in [0.1, 0.15) is 16.1 Å². The lowest BCUT2D eigenvalue weighted by molar-refractivity contribution is 0.0946. The SMILES string of the molecule is O=C(NCc1cccc(Cl)c1)c1cc(-c2ccncc2)n[nH]1. The molecule has 0 bridgehead atoms. The molecule has 1 aromatic carbocycles. The fourth-order valence-electron chi connectivity index (χ4n) is 2.03. The standard InChI is InChI=1S/C16H13ClN4O/c17-13-3-1-2-11(8-13)10-19-16(22)15-9-14(20-21-15)12-4-6-18-7-5-12/h1-9H,10H2,(H,19,22)(H,20,21). The first-order chi connectivity index (χ1) is 10.7. The molecule has 110 valence electrons. The number of aromatic amines is 1. The van der Waals surface area contributed by atoms with E-state index in [1.807, 2.05) is 30.3 Å². The second kappa shape index (κ2) is 6.41. The molecule has 2 heterocycles. The predicted molar refractivity (Wildman–Crippen MR) is 84.4 cm³/mol. The molecule has 0 saturated heterocycles. The maximum atomic E-state index is 12.1. The van der Waals surface area contributed by atoms with E-state index >= 15 is 0 Å². The van der Waals surface area contributed by atoms with E-state index < -0.39 is 0 Å². The molecule has 0 fully saturated rings. The monoisotopic (exact) mass is 312 g/mol. The van der Waals surface area contributed by atoms with Crippen LogP contribution < -0.4 is 5.32 Å². The number of carbonyl (C=O) groups excluding carboxylic acids is 1. The molecule has 0 saturated carbocycles. The summed E-state index contributed by atoms with van der Waals surface area (Å²) in [5, 5.41) is 10.4. The van der Waals surface area contributed by atoms with Crippen LogP contribution >= 0.6 is 11.6 Å². The summed E-state index contributed by atoms with van der Waals surface area (Å²) in [5.74, 6) is -0.215. The molecule has 0 aliphatic heterocycles. The van der Waals surface area contributed by atoms with Crippen molar-refractivity contribution in [2.75, 3.05) is 0 Å². The Morgan fingerprint density at radius 1 is 1.18 bits per heavy atom. The number of amides is 1. The zero-order valence-electron chi connectivity index (χ0n) is 11.6. The lowest BCUT2D eigenvalue weighted by atomic mass is 10.2. The van der Waals surface area contributed by atoms with Gasteiger partial charge in [0.15, 0.2) is 0 Å². The van der Waals surface area contributed by atoms with Gasteiger partial charge in [0, 0.05) is 29.5 Å². The van der Waals surface area contributed by atoms with Gasteiger partial charge >= 0.3 is 0 Å². The molecule has 0 aliphatic carbocycles. The van der Waals surface area contributed by atoms with Gasteiger partial charge in [0.1, 0.15) is 5.69 Å². The molecule has 1 amide bonds. The molecular formula is C16H13ClN4O. The van der Waals surface area contributed by atoms with E-state index in [0.717, 1.165) is 11.1 Å². The van der Waals surface area contributed by atoms with Gasteiger partial charge in [0.25, 0.3) is 5.91 Å². The Labute approximate surface area is 132 Å². The van der Waals surface area contributed by atoms with Crippen LogP contribution in [0.4, 0.5) is 0 Å². The highest BCUT2D eigenvalue weighted by Crippen LogP contribution is 2.16. The fraction of sp³-hybridized carbons (Fsp3) is 0.0625. The molecule has 2 N–H and O–H groups in total. The second-order valence-corrected chi connectivity index (χ2v) is 5.15. The van der Waals surface area contributed by atoms with Gasteiger partial charge in [-0.2, -0.15) is 5.10 Å². The van der Waals surface area contributed by atoms with E-state index in [9.17, 15) is 4.79 Å². The molecule has 0 aliphatic rings. The van der Waals surface area contributed by atoms with Crippen molar-refractivity contribution >= 4 is 17.5 Å². The number of nitrogens with zero attached hydrogens (tertiary/aromatic N) is 2. The third kappa shape index (κ3) is 3.32. The Morgan fingerprint density at radius 2 is 2.00 bits per heavy atom. The van der Waals surface area contributed by atoms with Crippen molar-refractivity contribution in [3.05, 3.63) is 71.1 Å². The molecule has 5 nitrogen and oxygen atoms in total. The van der Waals surface area contributed by atoms with Gasteiger partial charge in [-0.3, -0.25) is 14.9 Å². The topological polar surface area (TPSA) is 70.7 Å². The maximum Gasteiger partial charge on any atom is 0.269 e. The van der Waals surface area contributed by atoms with Gasteiger partial charge in [-0.1, -0.05) is 23.7 Å². The van der Waals surface area contributed by atoms with Crippen LogP contribution in [0.2, 0.25) is 5.02 Å². The largest absolute Gasteiger partial charge is 0.347 e. The van der Waals surface area contributed by atoms with Gasteiger partial charge in [-0.25, -0.2) is 0 Å². The van der Waals surface area contributed by atoms with E-state index in [1.165, 1.54) is 0 Å². The summed E-state index contributed by atoms with van der Waals surface area (Å²) < 4.78 is 0. The summed E-state index contributed by atoms with van der Waals surface area (Å²) in [5.41, 5.74) is 2.96. The van der Waals surface area contributed by atoms with Crippen molar-refractivity contribution in [2.45, 2.75) is 6.54 Å².